The fourth-order valence-electron chi connectivity index (χ4n) is 2.53. The molecule has 0 unspecified atom stereocenters. The van der Waals surface area contributed by atoms with Crippen molar-refractivity contribution in [1.29, 1.82) is 0 Å². The highest BCUT2D eigenvalue weighted by Crippen LogP contribution is 2.32. The molecule has 110 valence electrons. The molecular formula is C18H20O3. The van der Waals surface area contributed by atoms with Gasteiger partial charge in [0.05, 0.1) is 12.7 Å². The number of ether oxygens (including phenoxy) is 1. The molecule has 0 aliphatic heterocycles. The minimum atomic E-state index is -0.931. The van der Waals surface area contributed by atoms with E-state index in [2.05, 4.69) is 26.0 Å². The van der Waals surface area contributed by atoms with Gasteiger partial charge in [0, 0.05) is 5.56 Å². The summed E-state index contributed by atoms with van der Waals surface area (Å²) in [6, 6.07) is 11.2. The molecule has 3 heteroatoms. The molecule has 21 heavy (non-hydrogen) atoms. The molecule has 0 radical (unpaired) electrons. The van der Waals surface area contributed by atoms with E-state index in [4.69, 9.17) is 9.84 Å². The molecule has 0 atom stereocenters. The van der Waals surface area contributed by atoms with Crippen molar-refractivity contribution < 1.29 is 14.6 Å². The third kappa shape index (κ3) is 3.07. The smallest absolute Gasteiger partial charge is 0.335 e. The lowest BCUT2D eigenvalue weighted by Crippen LogP contribution is -1.98. The van der Waals surface area contributed by atoms with Crippen LogP contribution in [0.15, 0.2) is 36.4 Å². The Kier molecular flexibility index (Phi) is 4.63. The molecule has 2 aromatic carbocycles. The van der Waals surface area contributed by atoms with Gasteiger partial charge in [0.15, 0.2) is 0 Å². The molecule has 0 spiro atoms. The van der Waals surface area contributed by atoms with E-state index >= 15 is 0 Å². The van der Waals surface area contributed by atoms with Gasteiger partial charge in [-0.1, -0.05) is 32.0 Å². The van der Waals surface area contributed by atoms with Gasteiger partial charge in [-0.3, -0.25) is 0 Å². The predicted octanol–water partition coefficient (Wildman–Crippen LogP) is 4.19. The number of carbonyl (C=O) groups is 1. The molecule has 0 bridgehead atoms. The number of aryl methyl sites for hydroxylation is 2. The van der Waals surface area contributed by atoms with Gasteiger partial charge in [-0.05, 0) is 47.7 Å². The SMILES string of the molecule is CCc1ccc(-c2cc(C(=O)O)ccc2OC)cc1CC. The van der Waals surface area contributed by atoms with Crippen molar-refractivity contribution in [1.82, 2.24) is 0 Å². The molecule has 0 saturated carbocycles. The zero-order chi connectivity index (χ0) is 15.4. The normalized spacial score (nSPS) is 10.4. The van der Waals surface area contributed by atoms with Gasteiger partial charge in [-0.2, -0.15) is 0 Å². The van der Waals surface area contributed by atoms with Crippen LogP contribution >= 0.6 is 0 Å². The van der Waals surface area contributed by atoms with Crippen molar-refractivity contribution in [2.45, 2.75) is 26.7 Å². The fraction of sp³-hybridized carbons (Fsp3) is 0.278. The lowest BCUT2D eigenvalue weighted by atomic mass is 9.95. The number of methoxy groups -OCH3 is 1. The Hall–Kier alpha value is -2.29. The topological polar surface area (TPSA) is 46.5 Å². The minimum absolute atomic E-state index is 0.267. The molecule has 3 nitrogen and oxygen atoms in total. The van der Waals surface area contributed by atoms with Gasteiger partial charge in [0.2, 0.25) is 0 Å². The van der Waals surface area contributed by atoms with Crippen LogP contribution in [0.4, 0.5) is 0 Å². The monoisotopic (exact) mass is 284 g/mol. The van der Waals surface area contributed by atoms with E-state index in [1.807, 2.05) is 6.07 Å². The highest BCUT2D eigenvalue weighted by atomic mass is 16.5. The first-order valence-corrected chi connectivity index (χ1v) is 7.14. The zero-order valence-corrected chi connectivity index (χ0v) is 12.6. The number of rotatable bonds is 5. The zero-order valence-electron chi connectivity index (χ0n) is 12.6. The molecule has 0 amide bonds. The van der Waals surface area contributed by atoms with Crippen LogP contribution in [0, 0.1) is 0 Å². The van der Waals surface area contributed by atoms with E-state index in [0.717, 1.165) is 24.0 Å². The van der Waals surface area contributed by atoms with Gasteiger partial charge in [-0.25, -0.2) is 4.79 Å². The first kappa shape index (κ1) is 15.1. The molecule has 0 heterocycles. The summed E-state index contributed by atoms with van der Waals surface area (Å²) in [5, 5.41) is 9.16. The van der Waals surface area contributed by atoms with Crippen LogP contribution in [-0.2, 0) is 12.8 Å². The standard InChI is InChI=1S/C18H20O3/c1-4-12-6-7-14(10-13(12)5-2)16-11-15(18(19)20)8-9-17(16)21-3/h6-11H,4-5H2,1-3H3,(H,19,20). The largest absolute Gasteiger partial charge is 0.496 e. The summed E-state index contributed by atoms with van der Waals surface area (Å²) >= 11 is 0. The fourth-order valence-corrected chi connectivity index (χ4v) is 2.53. The van der Waals surface area contributed by atoms with Crippen LogP contribution in [0.1, 0.15) is 35.3 Å². The molecule has 2 rings (SSSR count). The summed E-state index contributed by atoms with van der Waals surface area (Å²) in [4.78, 5) is 11.2. The van der Waals surface area contributed by atoms with Gasteiger partial charge in [-0.15, -0.1) is 0 Å². The Morgan fingerprint density at radius 2 is 1.76 bits per heavy atom. The van der Waals surface area contributed by atoms with E-state index in [1.54, 1.807) is 25.3 Å². The van der Waals surface area contributed by atoms with E-state index in [1.165, 1.54) is 11.1 Å². The maximum absolute atomic E-state index is 11.2. The van der Waals surface area contributed by atoms with Crippen LogP contribution in [0.2, 0.25) is 0 Å². The Morgan fingerprint density at radius 1 is 1.05 bits per heavy atom. The van der Waals surface area contributed by atoms with Crippen LogP contribution in [0.25, 0.3) is 11.1 Å². The van der Waals surface area contributed by atoms with Crippen LogP contribution in [-0.4, -0.2) is 18.2 Å². The van der Waals surface area contributed by atoms with Crippen molar-refractivity contribution in [3.63, 3.8) is 0 Å². The number of aromatic carboxylic acids is 1. The van der Waals surface area contributed by atoms with Crippen LogP contribution < -0.4 is 4.74 Å². The molecule has 0 aromatic heterocycles. The van der Waals surface area contributed by atoms with E-state index < -0.39 is 5.97 Å². The molecule has 2 aromatic rings. The first-order chi connectivity index (χ1) is 10.1. The van der Waals surface area contributed by atoms with Crippen molar-refractivity contribution in [2.75, 3.05) is 7.11 Å². The summed E-state index contributed by atoms with van der Waals surface area (Å²) in [6.45, 7) is 4.27. The predicted molar refractivity (Wildman–Crippen MR) is 84.1 cm³/mol. The van der Waals surface area contributed by atoms with Crippen molar-refractivity contribution in [2.24, 2.45) is 0 Å². The Labute approximate surface area is 125 Å². The number of benzene rings is 2. The highest BCUT2D eigenvalue weighted by Gasteiger charge is 2.12. The molecular weight excluding hydrogens is 264 g/mol. The number of carboxylic acids is 1. The summed E-state index contributed by atoms with van der Waals surface area (Å²) in [5.74, 6) is -0.244. The Bertz CT molecular complexity index is 660. The van der Waals surface area contributed by atoms with Gasteiger partial charge < -0.3 is 9.84 Å². The second-order valence-electron chi connectivity index (χ2n) is 4.91. The quantitative estimate of drug-likeness (QED) is 0.895. The van der Waals surface area contributed by atoms with Crippen molar-refractivity contribution in [3.8, 4) is 16.9 Å². The van der Waals surface area contributed by atoms with Gasteiger partial charge in [0.1, 0.15) is 5.75 Å². The van der Waals surface area contributed by atoms with Gasteiger partial charge in [0.25, 0.3) is 0 Å². The molecule has 0 fully saturated rings. The van der Waals surface area contributed by atoms with E-state index in [-0.39, 0.29) is 5.56 Å². The third-order valence-electron chi connectivity index (χ3n) is 3.73. The van der Waals surface area contributed by atoms with E-state index in [9.17, 15) is 4.79 Å². The molecule has 0 saturated heterocycles. The van der Waals surface area contributed by atoms with Crippen LogP contribution in [0.5, 0.6) is 5.75 Å². The second kappa shape index (κ2) is 6.44. The lowest BCUT2D eigenvalue weighted by molar-refractivity contribution is 0.0697. The molecule has 0 aliphatic rings. The summed E-state index contributed by atoms with van der Waals surface area (Å²) < 4.78 is 5.37. The van der Waals surface area contributed by atoms with E-state index in [0.29, 0.717) is 5.75 Å². The first-order valence-electron chi connectivity index (χ1n) is 7.14. The number of hydrogen-bond acceptors (Lipinski definition) is 2. The lowest BCUT2D eigenvalue weighted by Gasteiger charge is -2.13. The Morgan fingerprint density at radius 3 is 2.33 bits per heavy atom. The summed E-state index contributed by atoms with van der Waals surface area (Å²) in [7, 11) is 1.60. The molecule has 1 N–H and O–H groups in total. The highest BCUT2D eigenvalue weighted by molar-refractivity contribution is 5.90. The third-order valence-corrected chi connectivity index (χ3v) is 3.73. The van der Waals surface area contributed by atoms with Crippen LogP contribution in [0.3, 0.4) is 0 Å². The maximum Gasteiger partial charge on any atom is 0.335 e. The summed E-state index contributed by atoms with van der Waals surface area (Å²) in [6.07, 6.45) is 1.95. The number of hydrogen-bond donors (Lipinski definition) is 1. The maximum atomic E-state index is 11.2. The average molecular weight is 284 g/mol. The second-order valence-corrected chi connectivity index (χ2v) is 4.91. The van der Waals surface area contributed by atoms with Gasteiger partial charge >= 0.3 is 5.97 Å². The average Bonchev–Trinajstić information content (AvgIpc) is 2.53. The van der Waals surface area contributed by atoms with Crippen molar-refractivity contribution >= 4 is 5.97 Å². The summed E-state index contributed by atoms with van der Waals surface area (Å²) in [5.41, 5.74) is 4.69. The number of carboxylic acid groups (broad SMARTS) is 1. The minimum Gasteiger partial charge on any atom is -0.496 e. The Balaban J connectivity index is 2.59. The van der Waals surface area contributed by atoms with Crippen molar-refractivity contribution in [3.05, 3.63) is 53.1 Å². The molecule has 0 aliphatic carbocycles.